The van der Waals surface area contributed by atoms with Crippen molar-refractivity contribution in [2.45, 2.75) is 52.4 Å². The highest BCUT2D eigenvalue weighted by molar-refractivity contribution is 5.91. The summed E-state index contributed by atoms with van der Waals surface area (Å²) in [5, 5.41) is 0. The third-order valence-electron chi connectivity index (χ3n) is 4.46. The van der Waals surface area contributed by atoms with E-state index < -0.39 is 0 Å². The highest BCUT2D eigenvalue weighted by Crippen LogP contribution is 2.28. The molecule has 0 aliphatic rings. The molecular formula is C21H26O2. The molecule has 0 aliphatic heterocycles. The van der Waals surface area contributed by atoms with Gasteiger partial charge in [0.2, 0.25) is 0 Å². The highest BCUT2D eigenvalue weighted by Gasteiger charge is 2.18. The molecule has 0 aromatic heterocycles. The van der Waals surface area contributed by atoms with Crippen molar-refractivity contribution in [3.8, 4) is 5.75 Å². The van der Waals surface area contributed by atoms with E-state index in [-0.39, 0.29) is 11.4 Å². The van der Waals surface area contributed by atoms with E-state index in [2.05, 4.69) is 27.7 Å². The van der Waals surface area contributed by atoms with Crippen LogP contribution in [0.1, 0.15) is 62.0 Å². The fourth-order valence-corrected chi connectivity index (χ4v) is 2.44. The fourth-order valence-electron chi connectivity index (χ4n) is 2.44. The summed E-state index contributed by atoms with van der Waals surface area (Å²) in [5.74, 6) is 0.277. The number of esters is 1. The normalized spacial score (nSPS) is 11.3. The molecule has 0 amide bonds. The molecule has 2 nitrogen and oxygen atoms in total. The maximum absolute atomic E-state index is 12.2. The second kappa shape index (κ2) is 7.45. The van der Waals surface area contributed by atoms with Crippen molar-refractivity contribution < 1.29 is 9.53 Å². The Hall–Kier alpha value is -2.09. The van der Waals surface area contributed by atoms with Gasteiger partial charge in [0.25, 0.3) is 0 Å². The van der Waals surface area contributed by atoms with Gasteiger partial charge in [-0.3, -0.25) is 0 Å². The summed E-state index contributed by atoms with van der Waals surface area (Å²) in [5.41, 5.74) is 3.22. The average molecular weight is 310 g/mol. The van der Waals surface area contributed by atoms with Crippen molar-refractivity contribution in [1.29, 1.82) is 0 Å². The van der Waals surface area contributed by atoms with Gasteiger partial charge in [-0.1, -0.05) is 58.4 Å². The van der Waals surface area contributed by atoms with E-state index >= 15 is 0 Å². The molecule has 0 spiro atoms. The number of carbonyl (C=O) groups excluding carboxylic acids is 1. The first-order valence-corrected chi connectivity index (χ1v) is 8.38. The Kier molecular flexibility index (Phi) is 5.59. The van der Waals surface area contributed by atoms with Gasteiger partial charge < -0.3 is 4.74 Å². The molecular weight excluding hydrogens is 284 g/mol. The summed E-state index contributed by atoms with van der Waals surface area (Å²) in [7, 11) is 0. The van der Waals surface area contributed by atoms with Crippen molar-refractivity contribution in [1.82, 2.24) is 0 Å². The molecule has 23 heavy (non-hydrogen) atoms. The summed E-state index contributed by atoms with van der Waals surface area (Å²) in [4.78, 5) is 12.2. The molecule has 2 heteroatoms. The molecule has 0 unspecified atom stereocenters. The number of carbonyl (C=O) groups is 1. The molecule has 0 saturated carbocycles. The van der Waals surface area contributed by atoms with Crippen molar-refractivity contribution in [3.05, 3.63) is 65.2 Å². The third kappa shape index (κ3) is 4.44. The molecule has 0 bridgehead atoms. The number of benzene rings is 2. The predicted octanol–water partition coefficient (Wildman–Crippen LogP) is 5.55. The van der Waals surface area contributed by atoms with Crippen LogP contribution in [0.5, 0.6) is 5.75 Å². The molecule has 2 aromatic carbocycles. The molecule has 122 valence electrons. The summed E-state index contributed by atoms with van der Waals surface area (Å²) in [6.07, 6.45) is 3.20. The maximum Gasteiger partial charge on any atom is 0.343 e. The molecule has 0 fully saturated rings. The molecule has 0 heterocycles. The summed E-state index contributed by atoms with van der Waals surface area (Å²) in [6, 6.07) is 15.5. The van der Waals surface area contributed by atoms with Crippen LogP contribution in [0, 0.1) is 0 Å². The van der Waals surface area contributed by atoms with Crippen molar-refractivity contribution in [3.63, 3.8) is 0 Å². The van der Waals surface area contributed by atoms with E-state index in [4.69, 9.17) is 4.74 Å². The van der Waals surface area contributed by atoms with Gasteiger partial charge in [-0.2, -0.15) is 0 Å². The van der Waals surface area contributed by atoms with Crippen molar-refractivity contribution >= 4 is 5.97 Å². The zero-order valence-electron chi connectivity index (χ0n) is 14.6. The van der Waals surface area contributed by atoms with Crippen LogP contribution in [-0.2, 0) is 11.8 Å². The summed E-state index contributed by atoms with van der Waals surface area (Å²) >= 11 is 0. The van der Waals surface area contributed by atoms with Gasteiger partial charge in [0.05, 0.1) is 5.56 Å². The Balaban J connectivity index is 2.05. The second-order valence-electron chi connectivity index (χ2n) is 6.60. The molecule has 0 atom stereocenters. The zero-order valence-corrected chi connectivity index (χ0v) is 14.6. The number of rotatable bonds is 6. The number of ether oxygens (including phenoxy) is 1. The Morgan fingerprint density at radius 1 is 0.957 bits per heavy atom. The summed E-state index contributed by atoms with van der Waals surface area (Å²) in [6.45, 7) is 8.75. The fraction of sp³-hybridized carbons (Fsp3) is 0.381. The van der Waals surface area contributed by atoms with Crippen LogP contribution in [0.4, 0.5) is 0 Å². The maximum atomic E-state index is 12.2. The monoisotopic (exact) mass is 310 g/mol. The van der Waals surface area contributed by atoms with E-state index in [1.807, 2.05) is 48.5 Å². The van der Waals surface area contributed by atoms with Gasteiger partial charge in [0, 0.05) is 0 Å². The second-order valence-corrected chi connectivity index (χ2v) is 6.60. The SMILES string of the molecule is CCCc1ccc(C(=O)Oc2ccc(C(C)(C)CC)cc2)cc1. The van der Waals surface area contributed by atoms with Crippen molar-refractivity contribution in [2.75, 3.05) is 0 Å². The van der Waals surface area contributed by atoms with Gasteiger partial charge in [-0.15, -0.1) is 0 Å². The first-order chi connectivity index (χ1) is 11.0. The molecule has 2 rings (SSSR count). The van der Waals surface area contributed by atoms with Gasteiger partial charge >= 0.3 is 5.97 Å². The Labute approximate surface area is 139 Å². The number of hydrogen-bond acceptors (Lipinski definition) is 2. The van der Waals surface area contributed by atoms with Crippen LogP contribution in [0.2, 0.25) is 0 Å². The lowest BCUT2D eigenvalue weighted by atomic mass is 9.82. The molecule has 0 aliphatic carbocycles. The van der Waals surface area contributed by atoms with Gasteiger partial charge in [0.15, 0.2) is 0 Å². The first kappa shape index (κ1) is 17.3. The van der Waals surface area contributed by atoms with E-state index in [0.717, 1.165) is 19.3 Å². The van der Waals surface area contributed by atoms with E-state index in [0.29, 0.717) is 11.3 Å². The highest BCUT2D eigenvalue weighted by atomic mass is 16.5. The van der Waals surface area contributed by atoms with Crippen LogP contribution in [0.25, 0.3) is 0 Å². The van der Waals surface area contributed by atoms with Crippen LogP contribution in [0.15, 0.2) is 48.5 Å². The van der Waals surface area contributed by atoms with Crippen molar-refractivity contribution in [2.24, 2.45) is 0 Å². The van der Waals surface area contributed by atoms with Gasteiger partial charge in [-0.25, -0.2) is 4.79 Å². The minimum atomic E-state index is -0.310. The van der Waals surface area contributed by atoms with Crippen LogP contribution in [-0.4, -0.2) is 5.97 Å². The minimum absolute atomic E-state index is 0.137. The number of aryl methyl sites for hydroxylation is 1. The first-order valence-electron chi connectivity index (χ1n) is 8.38. The quantitative estimate of drug-likeness (QED) is 0.517. The van der Waals surface area contributed by atoms with E-state index in [1.54, 1.807) is 0 Å². The number of hydrogen-bond donors (Lipinski definition) is 0. The van der Waals surface area contributed by atoms with Gasteiger partial charge in [-0.05, 0) is 53.6 Å². The molecule has 0 radical (unpaired) electrons. The average Bonchev–Trinajstić information content (AvgIpc) is 2.56. The molecule has 0 saturated heterocycles. The van der Waals surface area contributed by atoms with Crippen LogP contribution in [0.3, 0.4) is 0 Å². The largest absolute Gasteiger partial charge is 0.423 e. The van der Waals surface area contributed by atoms with Crippen LogP contribution < -0.4 is 4.74 Å². The summed E-state index contributed by atoms with van der Waals surface area (Å²) < 4.78 is 5.46. The van der Waals surface area contributed by atoms with Crippen LogP contribution >= 0.6 is 0 Å². The van der Waals surface area contributed by atoms with Gasteiger partial charge in [0.1, 0.15) is 5.75 Å². The minimum Gasteiger partial charge on any atom is -0.423 e. The molecule has 2 aromatic rings. The lowest BCUT2D eigenvalue weighted by molar-refractivity contribution is 0.0734. The Bertz CT molecular complexity index is 637. The Morgan fingerprint density at radius 2 is 1.57 bits per heavy atom. The topological polar surface area (TPSA) is 26.3 Å². The standard InChI is InChI=1S/C21H26O2/c1-5-7-16-8-10-17(11-9-16)20(22)23-19-14-12-18(13-15-19)21(3,4)6-2/h8-15H,5-7H2,1-4H3. The Morgan fingerprint density at radius 3 is 2.09 bits per heavy atom. The lowest BCUT2D eigenvalue weighted by Crippen LogP contribution is -2.15. The predicted molar refractivity (Wildman–Crippen MR) is 95.2 cm³/mol. The lowest BCUT2D eigenvalue weighted by Gasteiger charge is -2.23. The smallest absolute Gasteiger partial charge is 0.343 e. The zero-order chi connectivity index (χ0) is 16.9. The molecule has 0 N–H and O–H groups in total. The van der Waals surface area contributed by atoms with E-state index in [1.165, 1.54) is 11.1 Å². The third-order valence-corrected chi connectivity index (χ3v) is 4.46. The van der Waals surface area contributed by atoms with E-state index in [9.17, 15) is 4.79 Å².